The number of ether oxygens (including phenoxy) is 1. The van der Waals surface area contributed by atoms with Gasteiger partial charge in [0.25, 0.3) is 0 Å². The molecule has 76 valence electrons. The third-order valence-electron chi connectivity index (χ3n) is 3.24. The standard InChI is InChI=1S/C10H20N2O/c1-12(10-3-2-8-13-10)9-4-6-11-7-5-9/h9-11H,2-8H2,1H3. The van der Waals surface area contributed by atoms with E-state index in [0.717, 1.165) is 12.6 Å². The number of nitrogens with one attached hydrogen (secondary N) is 1. The first-order valence-corrected chi connectivity index (χ1v) is 5.42. The van der Waals surface area contributed by atoms with Gasteiger partial charge in [-0.2, -0.15) is 0 Å². The van der Waals surface area contributed by atoms with Crippen molar-refractivity contribution in [3.63, 3.8) is 0 Å². The van der Waals surface area contributed by atoms with Crippen LogP contribution in [0.4, 0.5) is 0 Å². The van der Waals surface area contributed by atoms with Gasteiger partial charge in [-0.25, -0.2) is 0 Å². The summed E-state index contributed by atoms with van der Waals surface area (Å²) in [5.74, 6) is 0. The van der Waals surface area contributed by atoms with Crippen LogP contribution in [0.1, 0.15) is 25.7 Å². The molecule has 1 unspecified atom stereocenters. The zero-order valence-electron chi connectivity index (χ0n) is 8.46. The molecular weight excluding hydrogens is 164 g/mol. The van der Waals surface area contributed by atoms with Crippen molar-refractivity contribution in [3.05, 3.63) is 0 Å². The summed E-state index contributed by atoms with van der Waals surface area (Å²) in [4.78, 5) is 2.44. The van der Waals surface area contributed by atoms with Crippen molar-refractivity contribution in [3.8, 4) is 0 Å². The Morgan fingerprint density at radius 3 is 2.62 bits per heavy atom. The quantitative estimate of drug-likeness (QED) is 0.687. The molecule has 2 aliphatic rings. The predicted octanol–water partition coefficient (Wildman–Crippen LogP) is 0.807. The summed E-state index contributed by atoms with van der Waals surface area (Å²) in [6.45, 7) is 3.30. The van der Waals surface area contributed by atoms with Gasteiger partial charge in [0.15, 0.2) is 0 Å². The van der Waals surface area contributed by atoms with Crippen molar-refractivity contribution >= 4 is 0 Å². The fraction of sp³-hybridized carbons (Fsp3) is 1.00. The Hall–Kier alpha value is -0.120. The van der Waals surface area contributed by atoms with Crippen LogP contribution in [0.15, 0.2) is 0 Å². The zero-order chi connectivity index (χ0) is 9.10. The van der Waals surface area contributed by atoms with Gasteiger partial charge in [-0.1, -0.05) is 0 Å². The van der Waals surface area contributed by atoms with Crippen molar-refractivity contribution in [2.45, 2.75) is 38.0 Å². The molecule has 0 aromatic heterocycles. The summed E-state index contributed by atoms with van der Waals surface area (Å²) in [6, 6.07) is 0.740. The van der Waals surface area contributed by atoms with Crippen LogP contribution in [-0.2, 0) is 4.74 Å². The number of piperidine rings is 1. The minimum Gasteiger partial charge on any atom is -0.363 e. The summed E-state index contributed by atoms with van der Waals surface area (Å²) in [7, 11) is 2.21. The maximum absolute atomic E-state index is 5.67. The predicted molar refractivity (Wildman–Crippen MR) is 52.6 cm³/mol. The van der Waals surface area contributed by atoms with E-state index in [2.05, 4.69) is 17.3 Å². The summed E-state index contributed by atoms with van der Waals surface area (Å²) in [6.07, 6.45) is 5.41. The van der Waals surface area contributed by atoms with E-state index in [-0.39, 0.29) is 0 Å². The average molecular weight is 184 g/mol. The fourth-order valence-electron chi connectivity index (χ4n) is 2.33. The SMILES string of the molecule is CN(C1CCNCC1)C1CCCO1. The molecule has 1 N–H and O–H groups in total. The molecule has 0 saturated carbocycles. The zero-order valence-corrected chi connectivity index (χ0v) is 8.46. The second-order valence-corrected chi connectivity index (χ2v) is 4.11. The van der Waals surface area contributed by atoms with Crippen LogP contribution in [0, 0.1) is 0 Å². The number of rotatable bonds is 2. The Balaban J connectivity index is 1.83. The highest BCUT2D eigenvalue weighted by Crippen LogP contribution is 2.20. The van der Waals surface area contributed by atoms with E-state index in [1.807, 2.05) is 0 Å². The van der Waals surface area contributed by atoms with Gasteiger partial charge in [0, 0.05) is 12.6 Å². The molecule has 0 aromatic carbocycles. The molecule has 2 fully saturated rings. The van der Waals surface area contributed by atoms with Crippen molar-refractivity contribution in [2.24, 2.45) is 0 Å². The smallest absolute Gasteiger partial charge is 0.110 e. The van der Waals surface area contributed by atoms with E-state index in [9.17, 15) is 0 Å². The molecule has 2 rings (SSSR count). The maximum atomic E-state index is 5.67. The Morgan fingerprint density at radius 1 is 1.23 bits per heavy atom. The topological polar surface area (TPSA) is 24.5 Å². The molecule has 1 atom stereocenters. The normalized spacial score (nSPS) is 31.4. The van der Waals surface area contributed by atoms with E-state index in [1.54, 1.807) is 0 Å². The van der Waals surface area contributed by atoms with Crippen molar-refractivity contribution in [2.75, 3.05) is 26.7 Å². The molecule has 0 bridgehead atoms. The summed E-state index contributed by atoms with van der Waals surface area (Å²) in [5.41, 5.74) is 0. The molecule has 0 amide bonds. The largest absolute Gasteiger partial charge is 0.363 e. The molecule has 2 heterocycles. The number of hydrogen-bond donors (Lipinski definition) is 1. The third-order valence-corrected chi connectivity index (χ3v) is 3.24. The Kier molecular flexibility index (Phi) is 3.19. The van der Waals surface area contributed by atoms with Crippen LogP contribution in [0.5, 0.6) is 0 Å². The molecule has 0 aliphatic carbocycles. The molecule has 2 saturated heterocycles. The molecular formula is C10H20N2O. The molecule has 2 aliphatic heterocycles. The average Bonchev–Trinajstić information content (AvgIpc) is 2.71. The lowest BCUT2D eigenvalue weighted by atomic mass is 10.0. The van der Waals surface area contributed by atoms with E-state index in [4.69, 9.17) is 4.74 Å². The second-order valence-electron chi connectivity index (χ2n) is 4.11. The molecule has 0 aromatic rings. The lowest BCUT2D eigenvalue weighted by molar-refractivity contribution is -0.0335. The van der Waals surface area contributed by atoms with Crippen LogP contribution in [0.25, 0.3) is 0 Å². The molecule has 3 heteroatoms. The highest BCUT2D eigenvalue weighted by molar-refractivity contribution is 4.78. The van der Waals surface area contributed by atoms with Crippen molar-refractivity contribution in [1.29, 1.82) is 0 Å². The number of nitrogens with zero attached hydrogens (tertiary/aromatic N) is 1. The van der Waals surface area contributed by atoms with Gasteiger partial charge in [0.05, 0.1) is 0 Å². The van der Waals surface area contributed by atoms with Crippen molar-refractivity contribution in [1.82, 2.24) is 10.2 Å². The fourth-order valence-corrected chi connectivity index (χ4v) is 2.33. The van der Waals surface area contributed by atoms with Gasteiger partial charge in [-0.05, 0) is 45.8 Å². The summed E-state index contributed by atoms with van der Waals surface area (Å²) in [5, 5.41) is 3.39. The maximum Gasteiger partial charge on any atom is 0.110 e. The van der Waals surface area contributed by atoms with Crippen LogP contribution >= 0.6 is 0 Å². The third kappa shape index (κ3) is 2.22. The first-order valence-electron chi connectivity index (χ1n) is 5.42. The molecule has 3 nitrogen and oxygen atoms in total. The molecule has 13 heavy (non-hydrogen) atoms. The van der Waals surface area contributed by atoms with Gasteiger partial charge in [0.1, 0.15) is 6.23 Å². The van der Waals surface area contributed by atoms with E-state index < -0.39 is 0 Å². The first kappa shape index (κ1) is 9.44. The second kappa shape index (κ2) is 4.40. The van der Waals surface area contributed by atoms with Crippen LogP contribution in [-0.4, -0.2) is 43.9 Å². The Labute approximate surface area is 80.4 Å². The van der Waals surface area contributed by atoms with Crippen LogP contribution in [0.2, 0.25) is 0 Å². The Bertz CT molecular complexity index is 151. The molecule has 0 spiro atoms. The lowest BCUT2D eigenvalue weighted by Crippen LogP contribution is -2.45. The Morgan fingerprint density at radius 2 is 2.00 bits per heavy atom. The van der Waals surface area contributed by atoms with E-state index >= 15 is 0 Å². The van der Waals surface area contributed by atoms with Gasteiger partial charge in [-0.15, -0.1) is 0 Å². The monoisotopic (exact) mass is 184 g/mol. The molecule has 0 radical (unpaired) electrons. The van der Waals surface area contributed by atoms with Gasteiger partial charge in [-0.3, -0.25) is 4.90 Å². The van der Waals surface area contributed by atoms with Crippen LogP contribution in [0.3, 0.4) is 0 Å². The summed E-state index contributed by atoms with van der Waals surface area (Å²) < 4.78 is 5.67. The van der Waals surface area contributed by atoms with E-state index in [1.165, 1.54) is 38.8 Å². The van der Waals surface area contributed by atoms with E-state index in [0.29, 0.717) is 6.23 Å². The summed E-state index contributed by atoms with van der Waals surface area (Å²) >= 11 is 0. The van der Waals surface area contributed by atoms with Gasteiger partial charge >= 0.3 is 0 Å². The lowest BCUT2D eigenvalue weighted by Gasteiger charge is -2.35. The van der Waals surface area contributed by atoms with Gasteiger partial charge < -0.3 is 10.1 Å². The number of hydrogen-bond acceptors (Lipinski definition) is 3. The highest BCUT2D eigenvalue weighted by Gasteiger charge is 2.26. The van der Waals surface area contributed by atoms with Crippen molar-refractivity contribution < 1.29 is 4.74 Å². The minimum absolute atomic E-state index is 0.406. The minimum atomic E-state index is 0.406. The highest BCUT2D eigenvalue weighted by atomic mass is 16.5. The first-order chi connectivity index (χ1) is 6.38. The van der Waals surface area contributed by atoms with Crippen LogP contribution < -0.4 is 5.32 Å². The van der Waals surface area contributed by atoms with Gasteiger partial charge in [0.2, 0.25) is 0 Å².